The Hall–Kier alpha value is -2.43. The van der Waals surface area contributed by atoms with Gasteiger partial charge in [0, 0.05) is 45.3 Å². The Morgan fingerprint density at radius 3 is 2.27 bits per heavy atom. The van der Waals surface area contributed by atoms with E-state index in [0.717, 1.165) is 25.9 Å². The lowest BCUT2D eigenvalue weighted by Gasteiger charge is -2.34. The molecule has 1 aromatic carbocycles. The van der Waals surface area contributed by atoms with Gasteiger partial charge in [-0.25, -0.2) is 13.1 Å². The van der Waals surface area contributed by atoms with Crippen LogP contribution in [0, 0.1) is 0 Å². The van der Waals surface area contributed by atoms with E-state index in [4.69, 9.17) is 4.74 Å². The van der Waals surface area contributed by atoms with Crippen molar-refractivity contribution in [2.45, 2.75) is 30.6 Å². The Kier molecular flexibility index (Phi) is 8.87. The quantitative estimate of drug-likeness (QED) is 0.591. The standard InChI is InChI=1S/C23H34N4O5S/c1-24-33(30,31)21-17-19(7-9-20(21)32-2)8-10-22(28)27-15-13-25(14-16-27)18-23(29)26-11-5-3-4-6-12-26/h7-10,17,24H,3-6,11-16,18H2,1-2H3/b10-8+. The van der Waals surface area contributed by atoms with Crippen molar-refractivity contribution < 1.29 is 22.7 Å². The number of likely N-dealkylation sites (tertiary alicyclic amines) is 1. The SMILES string of the molecule is CNS(=O)(=O)c1cc(/C=C/C(=O)N2CCN(CC(=O)N3CCCCCC3)CC2)ccc1OC. The number of sulfonamides is 1. The molecule has 182 valence electrons. The number of piperazine rings is 1. The molecule has 0 aromatic heterocycles. The predicted molar refractivity (Wildman–Crippen MR) is 126 cm³/mol. The lowest BCUT2D eigenvalue weighted by atomic mass is 10.2. The Morgan fingerprint density at radius 1 is 1.00 bits per heavy atom. The van der Waals surface area contributed by atoms with Gasteiger partial charge in [0.2, 0.25) is 21.8 Å². The number of methoxy groups -OCH3 is 1. The fourth-order valence-electron chi connectivity index (χ4n) is 4.13. The first-order valence-electron chi connectivity index (χ1n) is 11.4. The first kappa shape index (κ1) is 25.2. The summed E-state index contributed by atoms with van der Waals surface area (Å²) in [7, 11) is -0.947. The van der Waals surface area contributed by atoms with Gasteiger partial charge in [0.25, 0.3) is 0 Å². The van der Waals surface area contributed by atoms with Gasteiger partial charge in [0.15, 0.2) is 0 Å². The number of hydrogen-bond donors (Lipinski definition) is 1. The first-order chi connectivity index (χ1) is 15.8. The average molecular weight is 479 g/mol. The van der Waals surface area contributed by atoms with Crippen LogP contribution >= 0.6 is 0 Å². The van der Waals surface area contributed by atoms with E-state index in [1.165, 1.54) is 39.1 Å². The Balaban J connectivity index is 1.54. The van der Waals surface area contributed by atoms with E-state index in [9.17, 15) is 18.0 Å². The topological polar surface area (TPSA) is 99.3 Å². The maximum Gasteiger partial charge on any atom is 0.246 e. The van der Waals surface area contributed by atoms with Crippen molar-refractivity contribution in [2.75, 3.05) is 60.0 Å². The molecule has 2 saturated heterocycles. The molecule has 1 N–H and O–H groups in total. The van der Waals surface area contributed by atoms with Gasteiger partial charge in [-0.05, 0) is 43.7 Å². The summed E-state index contributed by atoms with van der Waals surface area (Å²) in [6.45, 7) is 4.54. The molecule has 0 unspecified atom stereocenters. The molecule has 9 nitrogen and oxygen atoms in total. The van der Waals surface area contributed by atoms with Gasteiger partial charge in [0.05, 0.1) is 13.7 Å². The number of rotatable bonds is 7. The van der Waals surface area contributed by atoms with Crippen LogP contribution < -0.4 is 9.46 Å². The van der Waals surface area contributed by atoms with Crippen LogP contribution in [0.4, 0.5) is 0 Å². The fraction of sp³-hybridized carbons (Fsp3) is 0.565. The van der Waals surface area contributed by atoms with Crippen LogP contribution in [0.15, 0.2) is 29.2 Å². The highest BCUT2D eigenvalue weighted by molar-refractivity contribution is 7.89. The summed E-state index contributed by atoms with van der Waals surface area (Å²) < 4.78 is 31.9. The fourth-order valence-corrected chi connectivity index (χ4v) is 5.05. The molecule has 2 heterocycles. The molecule has 0 radical (unpaired) electrons. The third-order valence-corrected chi connectivity index (χ3v) is 7.60. The molecule has 2 aliphatic rings. The molecule has 0 spiro atoms. The number of nitrogens with one attached hydrogen (secondary N) is 1. The molecule has 2 aliphatic heterocycles. The van der Waals surface area contributed by atoms with Gasteiger partial charge in [-0.3, -0.25) is 14.5 Å². The van der Waals surface area contributed by atoms with Crippen LogP contribution in [0.2, 0.25) is 0 Å². The smallest absolute Gasteiger partial charge is 0.246 e. The first-order valence-corrected chi connectivity index (χ1v) is 12.9. The van der Waals surface area contributed by atoms with E-state index in [-0.39, 0.29) is 22.5 Å². The number of nitrogens with zero attached hydrogens (tertiary/aromatic N) is 3. The maximum absolute atomic E-state index is 12.6. The van der Waals surface area contributed by atoms with Crippen LogP contribution in [-0.4, -0.2) is 94.9 Å². The summed E-state index contributed by atoms with van der Waals surface area (Å²) in [4.78, 5) is 31.1. The molecule has 10 heteroatoms. The van der Waals surface area contributed by atoms with Gasteiger partial charge in [0.1, 0.15) is 10.6 Å². The van der Waals surface area contributed by atoms with Crippen molar-refractivity contribution in [1.82, 2.24) is 19.4 Å². The van der Waals surface area contributed by atoms with E-state index in [0.29, 0.717) is 38.3 Å². The summed E-state index contributed by atoms with van der Waals surface area (Å²) in [5, 5.41) is 0. The minimum Gasteiger partial charge on any atom is -0.495 e. The molecule has 3 rings (SSSR count). The van der Waals surface area contributed by atoms with Crippen molar-refractivity contribution in [3.05, 3.63) is 29.8 Å². The molecular weight excluding hydrogens is 444 g/mol. The summed E-state index contributed by atoms with van der Waals surface area (Å²) in [5.74, 6) is 0.282. The van der Waals surface area contributed by atoms with E-state index in [2.05, 4.69) is 9.62 Å². The number of benzene rings is 1. The zero-order valence-electron chi connectivity index (χ0n) is 19.5. The van der Waals surface area contributed by atoms with E-state index < -0.39 is 10.0 Å². The van der Waals surface area contributed by atoms with Crippen LogP contribution in [0.5, 0.6) is 5.75 Å². The zero-order chi connectivity index (χ0) is 23.8. The van der Waals surface area contributed by atoms with Crippen molar-refractivity contribution in [2.24, 2.45) is 0 Å². The van der Waals surface area contributed by atoms with E-state index in [1.807, 2.05) is 4.90 Å². The summed E-state index contributed by atoms with van der Waals surface area (Å²) in [6, 6.07) is 4.74. The molecule has 33 heavy (non-hydrogen) atoms. The number of carbonyl (C=O) groups is 2. The highest BCUT2D eigenvalue weighted by Gasteiger charge is 2.24. The van der Waals surface area contributed by atoms with Gasteiger partial charge in [-0.15, -0.1) is 0 Å². The largest absolute Gasteiger partial charge is 0.495 e. The minimum atomic E-state index is -3.69. The molecule has 2 fully saturated rings. The maximum atomic E-state index is 12.6. The number of amides is 2. The summed E-state index contributed by atoms with van der Waals surface area (Å²) in [6.07, 6.45) is 7.61. The Morgan fingerprint density at radius 2 is 1.67 bits per heavy atom. The van der Waals surface area contributed by atoms with Gasteiger partial charge >= 0.3 is 0 Å². The van der Waals surface area contributed by atoms with Crippen LogP contribution in [0.1, 0.15) is 31.2 Å². The third kappa shape index (κ3) is 6.78. The van der Waals surface area contributed by atoms with Gasteiger partial charge in [-0.2, -0.15) is 0 Å². The van der Waals surface area contributed by atoms with Crippen molar-refractivity contribution in [3.8, 4) is 5.75 Å². The van der Waals surface area contributed by atoms with Gasteiger partial charge < -0.3 is 14.5 Å². The summed E-state index contributed by atoms with van der Waals surface area (Å²) in [5.41, 5.74) is 0.583. The molecular formula is C23H34N4O5S. The molecule has 0 saturated carbocycles. The lowest BCUT2D eigenvalue weighted by Crippen LogP contribution is -2.51. The predicted octanol–water partition coefficient (Wildman–Crippen LogP) is 1.16. The second kappa shape index (κ2) is 11.6. The number of hydrogen-bond acceptors (Lipinski definition) is 6. The summed E-state index contributed by atoms with van der Waals surface area (Å²) >= 11 is 0. The molecule has 0 aliphatic carbocycles. The average Bonchev–Trinajstić information content (AvgIpc) is 3.12. The highest BCUT2D eigenvalue weighted by Crippen LogP contribution is 2.25. The highest BCUT2D eigenvalue weighted by atomic mass is 32.2. The molecule has 2 amide bonds. The second-order valence-electron chi connectivity index (χ2n) is 8.35. The van der Waals surface area contributed by atoms with Crippen LogP contribution in [0.3, 0.4) is 0 Å². The Bertz CT molecular complexity index is 963. The molecule has 0 bridgehead atoms. The molecule has 1 aromatic rings. The van der Waals surface area contributed by atoms with E-state index in [1.54, 1.807) is 23.1 Å². The number of ether oxygens (including phenoxy) is 1. The second-order valence-corrected chi connectivity index (χ2v) is 10.2. The molecule has 0 atom stereocenters. The van der Waals surface area contributed by atoms with Crippen LogP contribution in [-0.2, 0) is 19.6 Å². The zero-order valence-corrected chi connectivity index (χ0v) is 20.3. The monoisotopic (exact) mass is 478 g/mol. The minimum absolute atomic E-state index is 0.0183. The van der Waals surface area contributed by atoms with Crippen molar-refractivity contribution >= 4 is 27.9 Å². The number of carbonyl (C=O) groups excluding carboxylic acids is 2. The van der Waals surface area contributed by atoms with Crippen molar-refractivity contribution in [1.29, 1.82) is 0 Å². The normalized spacial score (nSPS) is 18.4. The van der Waals surface area contributed by atoms with Gasteiger partial charge in [-0.1, -0.05) is 18.9 Å². The van der Waals surface area contributed by atoms with Crippen molar-refractivity contribution in [3.63, 3.8) is 0 Å². The van der Waals surface area contributed by atoms with E-state index >= 15 is 0 Å². The Labute approximate surface area is 196 Å². The lowest BCUT2D eigenvalue weighted by molar-refractivity contribution is -0.133. The third-order valence-electron chi connectivity index (χ3n) is 6.17. The van der Waals surface area contributed by atoms with Crippen LogP contribution in [0.25, 0.3) is 6.08 Å².